The van der Waals surface area contributed by atoms with Crippen molar-refractivity contribution in [2.75, 3.05) is 0 Å². The summed E-state index contributed by atoms with van der Waals surface area (Å²) in [5, 5.41) is 0. The summed E-state index contributed by atoms with van der Waals surface area (Å²) in [6.07, 6.45) is 0. The summed E-state index contributed by atoms with van der Waals surface area (Å²) in [5.74, 6) is 0. The summed E-state index contributed by atoms with van der Waals surface area (Å²) in [6, 6.07) is 0. The molecule has 2 radical (unpaired) electrons. The Bertz CT molecular complexity index is 619. The van der Waals surface area contributed by atoms with Crippen molar-refractivity contribution in [2.45, 2.75) is 0 Å². The van der Waals surface area contributed by atoms with E-state index in [0.717, 1.165) is 0 Å². The van der Waals surface area contributed by atoms with Crippen LogP contribution in [0, 0.1) is 0 Å². The SMILES string of the molecule is O.O=S(=O)(O)O.O=S(=O)(O)O.O=S(=O)(O)O.O=S(=O)(O)O.O=S(=O)(O)O.[Nb].[Nb]. The van der Waals surface area contributed by atoms with Crippen LogP contribution in [0.15, 0.2) is 0 Å². The number of rotatable bonds is 0. The molecular weight excluding hydrogens is 682 g/mol. The maximum atomic E-state index is 8.74. The van der Waals surface area contributed by atoms with E-state index in [-0.39, 0.29) is 50.2 Å². The van der Waals surface area contributed by atoms with Gasteiger partial charge in [-0.2, -0.15) is 42.1 Å². The van der Waals surface area contributed by atoms with E-state index in [0.29, 0.717) is 0 Å². The summed E-state index contributed by atoms with van der Waals surface area (Å²) >= 11 is 0. The Hall–Kier alpha value is 0.791. The first-order chi connectivity index (χ1) is 10.0. The molecule has 0 atom stereocenters. The van der Waals surface area contributed by atoms with Gasteiger partial charge in [0.05, 0.1) is 0 Å². The molecular formula is H12Nb2O21S5. The molecule has 21 nitrogen and oxygen atoms in total. The van der Waals surface area contributed by atoms with E-state index < -0.39 is 52.0 Å². The van der Waals surface area contributed by atoms with Gasteiger partial charge in [0.2, 0.25) is 0 Å². The molecule has 0 saturated carbocycles. The van der Waals surface area contributed by atoms with Crippen molar-refractivity contribution in [3.05, 3.63) is 0 Å². The fourth-order valence-electron chi connectivity index (χ4n) is 0. The monoisotopic (exact) mass is 694 g/mol. The Morgan fingerprint density at radius 3 is 0.286 bits per heavy atom. The van der Waals surface area contributed by atoms with Crippen LogP contribution in [0.1, 0.15) is 0 Å². The minimum Gasteiger partial charge on any atom is -0.412 e. The average molecular weight is 694 g/mol. The van der Waals surface area contributed by atoms with Gasteiger partial charge in [0.25, 0.3) is 0 Å². The Balaban J connectivity index is -0.0000000290. The predicted molar refractivity (Wildman–Crippen MR) is 74.5 cm³/mol. The fourth-order valence-corrected chi connectivity index (χ4v) is 0. The van der Waals surface area contributed by atoms with E-state index in [2.05, 4.69) is 0 Å². The first-order valence-corrected chi connectivity index (χ1v) is 10.5. The number of hydrogen-bond donors (Lipinski definition) is 10. The Kier molecular flexibility index (Phi) is 38.7. The van der Waals surface area contributed by atoms with Gasteiger partial charge >= 0.3 is 52.0 Å². The van der Waals surface area contributed by atoms with Crippen LogP contribution in [0.4, 0.5) is 0 Å². The van der Waals surface area contributed by atoms with Crippen LogP contribution in [0.3, 0.4) is 0 Å². The predicted octanol–water partition coefficient (Wildman–Crippen LogP) is -4.09. The minimum absolute atomic E-state index is 0. The molecule has 28 heavy (non-hydrogen) atoms. The zero-order valence-corrected chi connectivity index (χ0v) is 20.5. The molecule has 0 aromatic carbocycles. The maximum Gasteiger partial charge on any atom is 0.394 e. The van der Waals surface area contributed by atoms with Gasteiger partial charge in [-0.15, -0.1) is 0 Å². The molecule has 0 aromatic rings. The van der Waals surface area contributed by atoms with Crippen molar-refractivity contribution in [3.63, 3.8) is 0 Å². The first-order valence-electron chi connectivity index (χ1n) is 3.49. The van der Waals surface area contributed by atoms with Gasteiger partial charge in [-0.25, -0.2) is 0 Å². The van der Waals surface area contributed by atoms with E-state index in [1.165, 1.54) is 0 Å². The molecule has 0 saturated heterocycles. The summed E-state index contributed by atoms with van der Waals surface area (Å²) in [4.78, 5) is 0. The molecule has 0 bridgehead atoms. The molecule has 28 heteroatoms. The minimum atomic E-state index is -4.67. The van der Waals surface area contributed by atoms with Crippen LogP contribution in [-0.2, 0) is 96.8 Å². The molecule has 0 aromatic heterocycles. The Labute approximate surface area is 188 Å². The zero-order valence-electron chi connectivity index (χ0n) is 12.0. The zero-order chi connectivity index (χ0) is 22.5. The molecule has 12 N–H and O–H groups in total. The quantitative estimate of drug-likeness (QED) is 0.0850. The summed E-state index contributed by atoms with van der Waals surface area (Å²) in [7, 11) is -23.3. The fraction of sp³-hybridized carbons (Fsp3) is 0. The Morgan fingerprint density at radius 1 is 0.286 bits per heavy atom. The van der Waals surface area contributed by atoms with Crippen LogP contribution in [0.2, 0.25) is 0 Å². The summed E-state index contributed by atoms with van der Waals surface area (Å²) in [5.41, 5.74) is 0. The molecule has 0 unspecified atom stereocenters. The normalized spacial score (nSPS) is 10.4. The van der Waals surface area contributed by atoms with Crippen LogP contribution in [0.5, 0.6) is 0 Å². The number of hydrogen-bond acceptors (Lipinski definition) is 10. The van der Waals surface area contributed by atoms with Gasteiger partial charge in [0.1, 0.15) is 0 Å². The van der Waals surface area contributed by atoms with Gasteiger partial charge < -0.3 is 5.48 Å². The van der Waals surface area contributed by atoms with Crippen LogP contribution < -0.4 is 0 Å². The smallest absolute Gasteiger partial charge is 0.394 e. The molecule has 0 aliphatic heterocycles. The van der Waals surface area contributed by atoms with E-state index >= 15 is 0 Å². The average Bonchev–Trinajstić information content (AvgIpc) is 1.79. The van der Waals surface area contributed by atoms with Gasteiger partial charge in [-0.1, -0.05) is 0 Å². The van der Waals surface area contributed by atoms with Gasteiger partial charge in [-0.3, -0.25) is 45.5 Å². The third-order valence-electron chi connectivity index (χ3n) is 0. The topological polar surface area (TPSA) is 404 Å². The van der Waals surface area contributed by atoms with Crippen molar-refractivity contribution in [2.24, 2.45) is 0 Å². The van der Waals surface area contributed by atoms with E-state index in [9.17, 15) is 0 Å². The van der Waals surface area contributed by atoms with Crippen LogP contribution in [0.25, 0.3) is 0 Å². The van der Waals surface area contributed by atoms with Crippen molar-refractivity contribution >= 4 is 52.0 Å². The van der Waals surface area contributed by atoms with Crippen molar-refractivity contribution in [3.8, 4) is 0 Å². The molecule has 0 amide bonds. The summed E-state index contributed by atoms with van der Waals surface area (Å²) in [6.45, 7) is 0. The van der Waals surface area contributed by atoms with E-state index in [4.69, 9.17) is 87.6 Å². The molecule has 0 heterocycles. The largest absolute Gasteiger partial charge is 0.412 e. The second-order valence-electron chi connectivity index (χ2n) is 2.24. The third kappa shape index (κ3) is 28500. The molecule has 0 aliphatic rings. The van der Waals surface area contributed by atoms with E-state index in [1.54, 1.807) is 0 Å². The summed E-state index contributed by atoms with van der Waals surface area (Å²) < 4.78 is 158. The van der Waals surface area contributed by atoms with Crippen LogP contribution in [-0.4, -0.2) is 93.1 Å². The first kappa shape index (κ1) is 51.4. The molecule has 0 rings (SSSR count). The second kappa shape index (κ2) is 21.0. The molecule has 0 fully saturated rings. The van der Waals surface area contributed by atoms with Crippen LogP contribution >= 0.6 is 0 Å². The van der Waals surface area contributed by atoms with Crippen molar-refractivity contribution in [1.29, 1.82) is 0 Å². The van der Waals surface area contributed by atoms with Gasteiger partial charge in [-0.05, 0) is 0 Å². The molecule has 178 valence electrons. The van der Waals surface area contributed by atoms with E-state index in [1.807, 2.05) is 0 Å². The second-order valence-corrected chi connectivity index (χ2v) is 6.72. The van der Waals surface area contributed by atoms with Crippen molar-refractivity contribution in [1.82, 2.24) is 0 Å². The standard InChI is InChI=1S/2Nb.5H2O4S.H2O/c;;5*1-5(2,3)4;/h;;5*(H2,1,2,3,4);1H2. The molecule has 0 spiro atoms. The molecule has 0 aliphatic carbocycles. The van der Waals surface area contributed by atoms with Gasteiger partial charge in [0.15, 0.2) is 0 Å². The maximum absolute atomic E-state index is 8.74. The Morgan fingerprint density at radius 2 is 0.286 bits per heavy atom. The van der Waals surface area contributed by atoms with Gasteiger partial charge in [0, 0.05) is 44.8 Å². The van der Waals surface area contributed by atoms with Crippen molar-refractivity contribution < 1.29 is 138 Å². The third-order valence-corrected chi connectivity index (χ3v) is 0.